The average molecular weight is 337 g/mol. The van der Waals surface area contributed by atoms with E-state index in [1.165, 1.54) is 11.3 Å². The number of anilines is 1. The lowest BCUT2D eigenvalue weighted by atomic mass is 10.2. The Morgan fingerprint density at radius 2 is 1.96 bits per heavy atom. The van der Waals surface area contributed by atoms with Gasteiger partial charge in [-0.05, 0) is 41.8 Å². The number of hydrogen-bond donors (Lipinski definition) is 1. The Bertz CT molecular complexity index is 963. The molecule has 0 unspecified atom stereocenters. The van der Waals surface area contributed by atoms with Gasteiger partial charge in [0, 0.05) is 23.6 Å². The fourth-order valence-electron chi connectivity index (χ4n) is 2.22. The Labute approximate surface area is 143 Å². The van der Waals surface area contributed by atoms with Gasteiger partial charge in [0.25, 0.3) is 5.91 Å². The van der Waals surface area contributed by atoms with Crippen LogP contribution in [0.4, 0.5) is 5.69 Å². The van der Waals surface area contributed by atoms with Crippen molar-refractivity contribution < 1.29 is 9.21 Å². The fraction of sp³-hybridized carbons (Fsp3) is 0.0556. The van der Waals surface area contributed by atoms with Crippen molar-refractivity contribution in [2.75, 3.05) is 5.32 Å². The van der Waals surface area contributed by atoms with Gasteiger partial charge in [-0.2, -0.15) is 0 Å². The maximum atomic E-state index is 12.1. The van der Waals surface area contributed by atoms with E-state index >= 15 is 0 Å². The first kappa shape index (κ1) is 15.9. The summed E-state index contributed by atoms with van der Waals surface area (Å²) in [6.07, 6.45) is 3.38. The Morgan fingerprint density at radius 1 is 1.12 bits per heavy atom. The summed E-state index contributed by atoms with van der Waals surface area (Å²) >= 11 is 1.40. The van der Waals surface area contributed by atoms with Crippen LogP contribution in [0.3, 0.4) is 0 Å². The number of fused-ring (bicyclic) bond motifs is 1. The van der Waals surface area contributed by atoms with E-state index in [0.717, 1.165) is 5.56 Å². The number of thiophene rings is 1. The quantitative estimate of drug-likeness (QED) is 0.581. The molecule has 0 saturated heterocycles. The molecule has 0 bridgehead atoms. The molecule has 0 aliphatic rings. The Balaban J connectivity index is 0.00000169. The molecule has 5 nitrogen and oxygen atoms in total. The first-order valence-corrected chi connectivity index (χ1v) is 7.83. The third-order valence-electron chi connectivity index (χ3n) is 3.32. The average Bonchev–Trinajstić information content (AvgIpc) is 3.25. The first-order chi connectivity index (χ1) is 11.3. The lowest BCUT2D eigenvalue weighted by molar-refractivity contribution is 0.103. The van der Waals surface area contributed by atoms with Crippen LogP contribution in [0, 0.1) is 0 Å². The SMILES string of the molecule is C.O=C(Nc1ccc2oc(-c3ccncc3)nc2c1)c1cccs1. The van der Waals surface area contributed by atoms with E-state index in [1.54, 1.807) is 36.7 Å². The zero-order chi connectivity index (χ0) is 15.6. The van der Waals surface area contributed by atoms with Crippen molar-refractivity contribution in [2.24, 2.45) is 0 Å². The van der Waals surface area contributed by atoms with Crippen LogP contribution in [-0.2, 0) is 0 Å². The van der Waals surface area contributed by atoms with E-state index in [4.69, 9.17) is 4.42 Å². The van der Waals surface area contributed by atoms with Crippen LogP contribution in [0.2, 0.25) is 0 Å². The summed E-state index contributed by atoms with van der Waals surface area (Å²) in [5, 5.41) is 4.74. The highest BCUT2D eigenvalue weighted by atomic mass is 32.1. The number of pyridine rings is 1. The van der Waals surface area contributed by atoms with Crippen LogP contribution in [0.15, 0.2) is 64.7 Å². The summed E-state index contributed by atoms with van der Waals surface area (Å²) in [4.78, 5) is 21.2. The number of carbonyl (C=O) groups is 1. The van der Waals surface area contributed by atoms with Crippen molar-refractivity contribution in [3.8, 4) is 11.5 Å². The summed E-state index contributed by atoms with van der Waals surface area (Å²) in [6.45, 7) is 0. The minimum absolute atomic E-state index is 0. The number of nitrogens with one attached hydrogen (secondary N) is 1. The largest absolute Gasteiger partial charge is 0.436 e. The molecule has 0 atom stereocenters. The van der Waals surface area contributed by atoms with Crippen LogP contribution < -0.4 is 5.32 Å². The standard InChI is InChI=1S/C17H11N3O2S.CH4/c21-16(15-2-1-9-23-15)19-12-3-4-14-13(10-12)20-17(22-14)11-5-7-18-8-6-11;/h1-10H,(H,19,21);1H4. The molecule has 6 heteroatoms. The Hall–Kier alpha value is -2.99. The minimum Gasteiger partial charge on any atom is -0.436 e. The third-order valence-corrected chi connectivity index (χ3v) is 4.19. The predicted molar refractivity (Wildman–Crippen MR) is 96.2 cm³/mol. The van der Waals surface area contributed by atoms with E-state index in [2.05, 4.69) is 15.3 Å². The van der Waals surface area contributed by atoms with Crippen molar-refractivity contribution in [2.45, 2.75) is 7.43 Å². The monoisotopic (exact) mass is 337 g/mol. The molecule has 1 amide bonds. The first-order valence-electron chi connectivity index (χ1n) is 6.95. The van der Waals surface area contributed by atoms with Gasteiger partial charge < -0.3 is 9.73 Å². The molecule has 0 fully saturated rings. The number of benzene rings is 1. The van der Waals surface area contributed by atoms with Crippen molar-refractivity contribution in [3.05, 3.63) is 65.1 Å². The number of hydrogen-bond acceptors (Lipinski definition) is 5. The molecule has 24 heavy (non-hydrogen) atoms. The van der Waals surface area contributed by atoms with Crippen molar-refractivity contribution in [3.63, 3.8) is 0 Å². The van der Waals surface area contributed by atoms with Gasteiger partial charge in [-0.1, -0.05) is 13.5 Å². The normalized spacial score (nSPS) is 10.3. The second kappa shape index (κ2) is 6.64. The molecule has 0 radical (unpaired) electrons. The second-order valence-corrected chi connectivity index (χ2v) is 5.82. The predicted octanol–water partition coefficient (Wildman–Crippen LogP) is 4.84. The summed E-state index contributed by atoms with van der Waals surface area (Å²) in [7, 11) is 0. The van der Waals surface area contributed by atoms with E-state index in [1.807, 2.05) is 23.6 Å². The van der Waals surface area contributed by atoms with Gasteiger partial charge >= 0.3 is 0 Å². The van der Waals surface area contributed by atoms with Gasteiger partial charge in [-0.25, -0.2) is 4.98 Å². The van der Waals surface area contributed by atoms with E-state index < -0.39 is 0 Å². The lowest BCUT2D eigenvalue weighted by Crippen LogP contribution is -2.09. The van der Waals surface area contributed by atoms with Crippen LogP contribution in [0.1, 0.15) is 17.1 Å². The molecule has 0 aliphatic carbocycles. The molecule has 3 aromatic heterocycles. The second-order valence-electron chi connectivity index (χ2n) is 4.87. The molecule has 0 spiro atoms. The molecule has 0 aliphatic heterocycles. The maximum absolute atomic E-state index is 12.1. The summed E-state index contributed by atoms with van der Waals surface area (Å²) in [5.74, 6) is 0.404. The number of amides is 1. The van der Waals surface area contributed by atoms with E-state index in [-0.39, 0.29) is 13.3 Å². The Morgan fingerprint density at radius 3 is 2.71 bits per heavy atom. The lowest BCUT2D eigenvalue weighted by Gasteiger charge is -2.02. The van der Waals surface area contributed by atoms with E-state index in [9.17, 15) is 4.79 Å². The van der Waals surface area contributed by atoms with E-state index in [0.29, 0.717) is 27.6 Å². The van der Waals surface area contributed by atoms with Gasteiger partial charge in [0.05, 0.1) is 4.88 Å². The summed E-state index contributed by atoms with van der Waals surface area (Å²) in [5.41, 5.74) is 2.91. The number of carbonyl (C=O) groups excluding carboxylic acids is 1. The highest BCUT2D eigenvalue weighted by Gasteiger charge is 2.11. The number of oxazole rings is 1. The van der Waals surface area contributed by atoms with Crippen LogP contribution >= 0.6 is 11.3 Å². The molecule has 4 aromatic rings. The topological polar surface area (TPSA) is 68.0 Å². The van der Waals surface area contributed by atoms with Gasteiger partial charge in [0.2, 0.25) is 5.89 Å². The molecular formula is C18H15N3O2S. The molecule has 4 rings (SSSR count). The smallest absolute Gasteiger partial charge is 0.265 e. The number of nitrogens with zero attached hydrogens (tertiary/aromatic N) is 2. The number of aromatic nitrogens is 2. The van der Waals surface area contributed by atoms with Crippen LogP contribution in [-0.4, -0.2) is 15.9 Å². The number of rotatable bonds is 3. The molecule has 1 N–H and O–H groups in total. The summed E-state index contributed by atoms with van der Waals surface area (Å²) < 4.78 is 5.74. The molecule has 120 valence electrons. The zero-order valence-electron chi connectivity index (χ0n) is 11.9. The highest BCUT2D eigenvalue weighted by Crippen LogP contribution is 2.26. The minimum atomic E-state index is -0.128. The molecule has 0 saturated carbocycles. The zero-order valence-corrected chi connectivity index (χ0v) is 12.7. The fourth-order valence-corrected chi connectivity index (χ4v) is 2.84. The highest BCUT2D eigenvalue weighted by molar-refractivity contribution is 7.12. The maximum Gasteiger partial charge on any atom is 0.265 e. The van der Waals surface area contributed by atoms with Crippen LogP contribution in [0.25, 0.3) is 22.6 Å². The van der Waals surface area contributed by atoms with Crippen LogP contribution in [0.5, 0.6) is 0 Å². The molecular weight excluding hydrogens is 322 g/mol. The summed E-state index contributed by atoms with van der Waals surface area (Å²) in [6, 6.07) is 12.7. The van der Waals surface area contributed by atoms with Crippen molar-refractivity contribution in [1.82, 2.24) is 9.97 Å². The molecule has 1 aromatic carbocycles. The van der Waals surface area contributed by atoms with Crippen molar-refractivity contribution >= 4 is 34.0 Å². The van der Waals surface area contributed by atoms with Gasteiger partial charge in [-0.3, -0.25) is 9.78 Å². The van der Waals surface area contributed by atoms with Gasteiger partial charge in [0.15, 0.2) is 5.58 Å². The third kappa shape index (κ3) is 3.04. The van der Waals surface area contributed by atoms with Gasteiger partial charge in [0.1, 0.15) is 5.52 Å². The molecule has 3 heterocycles. The Kier molecular flexibility index (Phi) is 4.39. The van der Waals surface area contributed by atoms with Crippen molar-refractivity contribution in [1.29, 1.82) is 0 Å². The van der Waals surface area contributed by atoms with Gasteiger partial charge in [-0.15, -0.1) is 11.3 Å².